The normalized spacial score (nSPS) is 20.3. The van der Waals surface area contributed by atoms with E-state index >= 15 is 0 Å². The number of thiazole rings is 1. The number of fused-ring (bicyclic) bond motifs is 4. The van der Waals surface area contributed by atoms with Crippen molar-refractivity contribution in [2.75, 3.05) is 33.4 Å². The molecule has 1 fully saturated rings. The fraction of sp³-hybridized carbons (Fsp3) is 0.520. The third kappa shape index (κ3) is 3.94. The summed E-state index contributed by atoms with van der Waals surface area (Å²) in [5, 5.41) is 14.7. The summed E-state index contributed by atoms with van der Waals surface area (Å²) < 4.78 is 5.45. The van der Waals surface area contributed by atoms with E-state index in [9.17, 15) is 9.90 Å². The van der Waals surface area contributed by atoms with Gasteiger partial charge in [-0.05, 0) is 50.0 Å². The Hall–Kier alpha value is -2.42. The van der Waals surface area contributed by atoms with Gasteiger partial charge >= 0.3 is 0 Å². The number of carbonyl (C=O) groups is 1. The molecule has 176 valence electrons. The van der Waals surface area contributed by atoms with E-state index in [1.165, 1.54) is 10.9 Å². The van der Waals surface area contributed by atoms with Gasteiger partial charge in [-0.2, -0.15) is 0 Å². The van der Waals surface area contributed by atoms with E-state index in [0.717, 1.165) is 60.9 Å². The van der Waals surface area contributed by atoms with Crippen molar-refractivity contribution in [1.29, 1.82) is 0 Å². The van der Waals surface area contributed by atoms with E-state index in [2.05, 4.69) is 20.9 Å². The first-order chi connectivity index (χ1) is 16.1. The van der Waals surface area contributed by atoms with Gasteiger partial charge in [0.15, 0.2) is 0 Å². The Labute approximate surface area is 198 Å². The van der Waals surface area contributed by atoms with Crippen molar-refractivity contribution in [2.45, 2.75) is 50.6 Å². The topological polar surface area (TPSA) is 81.7 Å². The van der Waals surface area contributed by atoms with E-state index in [-0.39, 0.29) is 24.0 Å². The molecule has 1 saturated heterocycles. The van der Waals surface area contributed by atoms with Crippen LogP contribution in [0.3, 0.4) is 0 Å². The minimum absolute atomic E-state index is 0.0847. The number of ether oxygens (including phenoxy) is 1. The largest absolute Gasteiger partial charge is 0.497 e. The number of hydrogen-bond acceptors (Lipinski definition) is 6. The molecular weight excluding hydrogens is 436 g/mol. The standard InChI is InChI=1S/C25H32N4O3S/c1-3-4-22(31)29-16-25(7-10-28(11-8-25)14-21-26-9-12-33-21)23-18-6-5-17(32-2)13-19(18)27-24(23)20(29)15-30/h5-6,9,12-13,20,27,30H,3-4,7-8,10-11,14-16H2,1-2H3/t20-/m0/s1. The third-order valence-corrected chi connectivity index (χ3v) is 8.12. The molecule has 0 bridgehead atoms. The number of hydrogen-bond donors (Lipinski definition) is 2. The lowest BCUT2D eigenvalue weighted by Crippen LogP contribution is -2.55. The lowest BCUT2D eigenvalue weighted by atomic mass is 9.68. The van der Waals surface area contributed by atoms with Gasteiger partial charge in [-0.25, -0.2) is 4.98 Å². The number of amides is 1. The molecule has 8 heteroatoms. The van der Waals surface area contributed by atoms with Crippen molar-refractivity contribution in [2.24, 2.45) is 0 Å². The number of nitrogens with one attached hydrogen (secondary N) is 1. The molecule has 1 aromatic carbocycles. The van der Waals surface area contributed by atoms with Crippen LogP contribution in [-0.2, 0) is 16.8 Å². The molecule has 0 unspecified atom stereocenters. The molecule has 2 aliphatic rings. The second-order valence-corrected chi connectivity index (χ2v) is 10.3. The van der Waals surface area contributed by atoms with Crippen LogP contribution in [0.15, 0.2) is 29.8 Å². The van der Waals surface area contributed by atoms with E-state index in [1.54, 1.807) is 18.4 Å². The SMILES string of the molecule is CCCC(=O)N1CC2(CCN(Cc3nccs3)CC2)c2c([nH]c3cc(OC)ccc23)[C@@H]1CO. The van der Waals surface area contributed by atoms with Gasteiger partial charge in [0.05, 0.1) is 26.3 Å². The number of aliphatic hydroxyl groups excluding tert-OH is 1. The molecule has 7 nitrogen and oxygen atoms in total. The highest BCUT2D eigenvalue weighted by molar-refractivity contribution is 7.09. The number of piperidine rings is 1. The van der Waals surface area contributed by atoms with Gasteiger partial charge in [-0.3, -0.25) is 9.69 Å². The molecule has 5 rings (SSSR count). The third-order valence-electron chi connectivity index (χ3n) is 7.36. The Balaban J connectivity index is 1.55. The Morgan fingerprint density at radius 3 is 2.85 bits per heavy atom. The highest BCUT2D eigenvalue weighted by Gasteiger charge is 2.48. The fourth-order valence-corrected chi connectivity index (χ4v) is 6.35. The summed E-state index contributed by atoms with van der Waals surface area (Å²) in [6.07, 6.45) is 5.12. The molecule has 0 aliphatic carbocycles. The van der Waals surface area contributed by atoms with E-state index in [4.69, 9.17) is 4.74 Å². The lowest BCUT2D eigenvalue weighted by Gasteiger charge is -2.50. The number of carbonyl (C=O) groups excluding carboxylic acids is 1. The second-order valence-electron chi connectivity index (χ2n) is 9.28. The number of rotatable bonds is 6. The summed E-state index contributed by atoms with van der Waals surface area (Å²) in [6, 6.07) is 5.82. The first-order valence-electron chi connectivity index (χ1n) is 11.8. The first-order valence-corrected chi connectivity index (χ1v) is 12.7. The number of aliphatic hydroxyl groups is 1. The second kappa shape index (κ2) is 9.08. The van der Waals surface area contributed by atoms with Gasteiger partial charge in [0.25, 0.3) is 0 Å². The quantitative estimate of drug-likeness (QED) is 0.574. The number of aromatic nitrogens is 2. The fourth-order valence-electron chi connectivity index (χ4n) is 5.70. The van der Waals surface area contributed by atoms with Gasteiger partial charge in [-0.1, -0.05) is 6.92 Å². The molecule has 2 N–H and O–H groups in total. The van der Waals surface area contributed by atoms with E-state index in [1.807, 2.05) is 35.5 Å². The molecule has 33 heavy (non-hydrogen) atoms. The summed E-state index contributed by atoms with van der Waals surface area (Å²) in [6.45, 7) is 5.41. The molecule has 0 saturated carbocycles. The van der Waals surface area contributed by atoms with Gasteiger partial charge in [0.1, 0.15) is 10.8 Å². The Kier molecular flexibility index (Phi) is 6.16. The lowest BCUT2D eigenvalue weighted by molar-refractivity contribution is -0.137. The zero-order chi connectivity index (χ0) is 23.0. The van der Waals surface area contributed by atoms with Crippen LogP contribution in [0.2, 0.25) is 0 Å². The number of nitrogens with zero attached hydrogens (tertiary/aromatic N) is 3. The minimum atomic E-state index is -0.337. The molecule has 2 aliphatic heterocycles. The molecule has 4 heterocycles. The van der Waals surface area contributed by atoms with Crippen molar-refractivity contribution < 1.29 is 14.6 Å². The van der Waals surface area contributed by atoms with Crippen molar-refractivity contribution >= 4 is 28.1 Å². The van der Waals surface area contributed by atoms with Crippen LogP contribution in [0.5, 0.6) is 5.75 Å². The Morgan fingerprint density at radius 2 is 2.18 bits per heavy atom. The zero-order valence-electron chi connectivity index (χ0n) is 19.3. The van der Waals surface area contributed by atoms with Crippen LogP contribution >= 0.6 is 11.3 Å². The highest BCUT2D eigenvalue weighted by atomic mass is 32.1. The maximum atomic E-state index is 13.2. The van der Waals surface area contributed by atoms with Gasteiger partial charge in [0.2, 0.25) is 5.91 Å². The van der Waals surface area contributed by atoms with E-state index < -0.39 is 0 Å². The zero-order valence-corrected chi connectivity index (χ0v) is 20.2. The van der Waals surface area contributed by atoms with Crippen molar-refractivity contribution in [3.05, 3.63) is 46.0 Å². The number of likely N-dealkylation sites (tertiary alicyclic amines) is 1. The molecule has 0 radical (unpaired) electrons. The summed E-state index contributed by atoms with van der Waals surface area (Å²) in [5.41, 5.74) is 3.15. The van der Waals surface area contributed by atoms with Crippen molar-refractivity contribution in [3.8, 4) is 5.75 Å². The molecule has 1 spiro atoms. The summed E-state index contributed by atoms with van der Waals surface area (Å²) >= 11 is 1.70. The minimum Gasteiger partial charge on any atom is -0.497 e. The average Bonchev–Trinajstić information content (AvgIpc) is 3.48. The number of H-pyrrole nitrogens is 1. The molecule has 2 aromatic heterocycles. The highest BCUT2D eigenvalue weighted by Crippen LogP contribution is 2.49. The summed E-state index contributed by atoms with van der Waals surface area (Å²) in [7, 11) is 1.67. The smallest absolute Gasteiger partial charge is 0.223 e. The molecule has 1 amide bonds. The van der Waals surface area contributed by atoms with Crippen LogP contribution < -0.4 is 4.74 Å². The number of benzene rings is 1. The van der Waals surface area contributed by atoms with Gasteiger partial charge < -0.3 is 19.7 Å². The van der Waals surface area contributed by atoms with Crippen LogP contribution in [0.1, 0.15) is 54.9 Å². The first kappa shape index (κ1) is 22.4. The number of methoxy groups -OCH3 is 1. The van der Waals surface area contributed by atoms with Crippen LogP contribution in [0, 0.1) is 0 Å². The predicted octanol–water partition coefficient (Wildman–Crippen LogP) is 3.84. The van der Waals surface area contributed by atoms with Crippen LogP contribution in [0.4, 0.5) is 0 Å². The van der Waals surface area contributed by atoms with Crippen molar-refractivity contribution in [1.82, 2.24) is 19.8 Å². The van der Waals surface area contributed by atoms with Crippen LogP contribution in [-0.4, -0.2) is 64.1 Å². The Morgan fingerprint density at radius 1 is 1.36 bits per heavy atom. The molecule has 1 atom stereocenters. The average molecular weight is 469 g/mol. The van der Waals surface area contributed by atoms with Crippen LogP contribution in [0.25, 0.3) is 10.9 Å². The summed E-state index contributed by atoms with van der Waals surface area (Å²) in [4.78, 5) is 25.6. The maximum Gasteiger partial charge on any atom is 0.223 e. The monoisotopic (exact) mass is 468 g/mol. The van der Waals surface area contributed by atoms with Crippen molar-refractivity contribution in [3.63, 3.8) is 0 Å². The summed E-state index contributed by atoms with van der Waals surface area (Å²) in [5.74, 6) is 0.927. The molecule has 3 aromatic rings. The van der Waals surface area contributed by atoms with Gasteiger partial charge in [0, 0.05) is 52.6 Å². The molecular formula is C25H32N4O3S. The Bertz CT molecular complexity index is 1120. The van der Waals surface area contributed by atoms with E-state index in [0.29, 0.717) is 13.0 Å². The van der Waals surface area contributed by atoms with Gasteiger partial charge in [-0.15, -0.1) is 11.3 Å². The predicted molar refractivity (Wildman–Crippen MR) is 130 cm³/mol. The number of aromatic amines is 1. The maximum absolute atomic E-state index is 13.2.